The number of nitrogens with one attached hydrogen (secondary N) is 5. The second kappa shape index (κ2) is 9.70. The molecular formula is C15H28F3N5O3. The standard InChI is InChI=1S/C15H28F3N5O3/c1-9-8-12(19-6-7-24)22-13(20-9)23-14(25)21-10-2-4-11(5-3-10)26-15(16,17)18/h9-13,19-20,22,24H,2-8H2,1H3,(H2,21,23,25). The number of rotatable bonds is 6. The van der Waals surface area contributed by atoms with Gasteiger partial charge in [-0.3, -0.25) is 20.7 Å². The minimum atomic E-state index is -4.61. The van der Waals surface area contributed by atoms with Gasteiger partial charge in [0.15, 0.2) is 0 Å². The van der Waals surface area contributed by atoms with Crippen LogP contribution in [0.5, 0.6) is 0 Å². The molecule has 0 spiro atoms. The molecule has 2 rings (SSSR count). The Morgan fingerprint density at radius 1 is 1.19 bits per heavy atom. The lowest BCUT2D eigenvalue weighted by atomic mass is 9.93. The molecule has 2 aliphatic rings. The van der Waals surface area contributed by atoms with E-state index in [-0.39, 0.29) is 43.7 Å². The Kier molecular flexibility index (Phi) is 7.89. The summed E-state index contributed by atoms with van der Waals surface area (Å²) in [5.41, 5.74) is 0. The minimum absolute atomic E-state index is 0.0271. The normalized spacial score (nSPS) is 32.9. The third-order valence-electron chi connectivity index (χ3n) is 4.50. The van der Waals surface area contributed by atoms with Crippen molar-refractivity contribution in [1.29, 1.82) is 0 Å². The molecule has 0 aromatic heterocycles. The van der Waals surface area contributed by atoms with Crippen molar-refractivity contribution in [3.63, 3.8) is 0 Å². The van der Waals surface area contributed by atoms with E-state index in [4.69, 9.17) is 5.11 Å². The summed E-state index contributed by atoms with van der Waals surface area (Å²) in [6.07, 6.45) is -3.74. The molecule has 1 aliphatic heterocycles. The molecule has 2 amide bonds. The van der Waals surface area contributed by atoms with Gasteiger partial charge in [0.1, 0.15) is 6.29 Å². The van der Waals surface area contributed by atoms with Crippen LogP contribution >= 0.6 is 0 Å². The maximum Gasteiger partial charge on any atom is 0.522 e. The first kappa shape index (κ1) is 21.2. The highest BCUT2D eigenvalue weighted by Gasteiger charge is 2.35. The van der Waals surface area contributed by atoms with E-state index in [2.05, 4.69) is 31.3 Å². The molecule has 3 atom stereocenters. The fraction of sp³-hybridized carbons (Fsp3) is 0.933. The van der Waals surface area contributed by atoms with Crippen molar-refractivity contribution in [2.75, 3.05) is 13.2 Å². The van der Waals surface area contributed by atoms with Gasteiger partial charge in [-0.15, -0.1) is 13.2 Å². The van der Waals surface area contributed by atoms with Crippen LogP contribution in [0.25, 0.3) is 0 Å². The number of hydrogen-bond donors (Lipinski definition) is 6. The van der Waals surface area contributed by atoms with Crippen molar-refractivity contribution < 1.29 is 27.8 Å². The molecule has 1 saturated heterocycles. The Bertz CT molecular complexity index is 447. The van der Waals surface area contributed by atoms with Gasteiger partial charge >= 0.3 is 12.4 Å². The number of hydrogen-bond acceptors (Lipinski definition) is 6. The Morgan fingerprint density at radius 3 is 2.50 bits per heavy atom. The van der Waals surface area contributed by atoms with Crippen LogP contribution in [0.1, 0.15) is 39.0 Å². The number of aliphatic hydroxyl groups is 1. The number of aliphatic hydroxyl groups excluding tert-OH is 1. The topological polar surface area (TPSA) is 107 Å². The van der Waals surface area contributed by atoms with Crippen LogP contribution in [0.2, 0.25) is 0 Å². The van der Waals surface area contributed by atoms with E-state index < -0.39 is 18.8 Å². The van der Waals surface area contributed by atoms with Gasteiger partial charge in [0.05, 0.1) is 18.9 Å². The van der Waals surface area contributed by atoms with Crippen molar-refractivity contribution in [3.8, 4) is 0 Å². The van der Waals surface area contributed by atoms with Crippen LogP contribution in [0.4, 0.5) is 18.0 Å². The van der Waals surface area contributed by atoms with Crippen molar-refractivity contribution >= 4 is 6.03 Å². The highest BCUT2D eigenvalue weighted by Crippen LogP contribution is 2.27. The molecule has 1 saturated carbocycles. The molecular weight excluding hydrogens is 355 g/mol. The quantitative estimate of drug-likeness (QED) is 0.394. The average Bonchev–Trinajstić information content (AvgIpc) is 2.53. The summed E-state index contributed by atoms with van der Waals surface area (Å²) in [6.45, 7) is 2.47. The lowest BCUT2D eigenvalue weighted by molar-refractivity contribution is -0.345. The zero-order valence-electron chi connectivity index (χ0n) is 14.7. The van der Waals surface area contributed by atoms with Crippen LogP contribution in [-0.4, -0.2) is 61.3 Å². The number of urea groups is 1. The first-order valence-corrected chi connectivity index (χ1v) is 8.93. The summed E-state index contributed by atoms with van der Waals surface area (Å²) < 4.78 is 40.7. The third-order valence-corrected chi connectivity index (χ3v) is 4.50. The second-order valence-electron chi connectivity index (χ2n) is 6.79. The average molecular weight is 383 g/mol. The van der Waals surface area contributed by atoms with Crippen LogP contribution in [0.15, 0.2) is 0 Å². The molecule has 26 heavy (non-hydrogen) atoms. The highest BCUT2D eigenvalue weighted by molar-refractivity contribution is 5.74. The highest BCUT2D eigenvalue weighted by atomic mass is 19.4. The van der Waals surface area contributed by atoms with E-state index >= 15 is 0 Å². The smallest absolute Gasteiger partial charge is 0.395 e. The fourth-order valence-corrected chi connectivity index (χ4v) is 3.36. The van der Waals surface area contributed by atoms with Crippen molar-refractivity contribution in [1.82, 2.24) is 26.6 Å². The molecule has 3 unspecified atom stereocenters. The first-order valence-electron chi connectivity index (χ1n) is 8.93. The number of halogens is 3. The monoisotopic (exact) mass is 383 g/mol. The molecule has 0 bridgehead atoms. The van der Waals surface area contributed by atoms with E-state index in [1.165, 1.54) is 0 Å². The summed E-state index contributed by atoms with van der Waals surface area (Å²) in [7, 11) is 0. The third kappa shape index (κ3) is 7.62. The molecule has 0 aromatic rings. The maximum atomic E-state index is 12.2. The number of carbonyl (C=O) groups excluding carboxylic acids is 1. The molecule has 1 aliphatic carbocycles. The van der Waals surface area contributed by atoms with Gasteiger partial charge in [0.2, 0.25) is 0 Å². The summed E-state index contributed by atoms with van der Waals surface area (Å²) in [4.78, 5) is 12.1. The zero-order valence-corrected chi connectivity index (χ0v) is 14.7. The van der Waals surface area contributed by atoms with Gasteiger partial charge in [-0.05, 0) is 39.0 Å². The van der Waals surface area contributed by atoms with Crippen molar-refractivity contribution in [2.24, 2.45) is 0 Å². The summed E-state index contributed by atoms with van der Waals surface area (Å²) in [6, 6.07) is -0.398. The molecule has 0 aromatic carbocycles. The minimum Gasteiger partial charge on any atom is -0.395 e. The van der Waals surface area contributed by atoms with E-state index in [1.807, 2.05) is 6.92 Å². The fourth-order valence-electron chi connectivity index (χ4n) is 3.36. The molecule has 1 heterocycles. The van der Waals surface area contributed by atoms with E-state index in [9.17, 15) is 18.0 Å². The van der Waals surface area contributed by atoms with Crippen molar-refractivity contribution in [2.45, 2.75) is 76.0 Å². The van der Waals surface area contributed by atoms with Crippen LogP contribution in [0, 0.1) is 0 Å². The molecule has 0 radical (unpaired) electrons. The Morgan fingerprint density at radius 2 is 1.88 bits per heavy atom. The van der Waals surface area contributed by atoms with Crippen molar-refractivity contribution in [3.05, 3.63) is 0 Å². The number of ether oxygens (including phenoxy) is 1. The molecule has 11 heteroatoms. The number of alkyl halides is 3. The molecule has 6 N–H and O–H groups in total. The van der Waals surface area contributed by atoms with Crippen LogP contribution in [0.3, 0.4) is 0 Å². The predicted octanol–water partition coefficient (Wildman–Crippen LogP) is 0.296. The van der Waals surface area contributed by atoms with Gasteiger partial charge in [-0.1, -0.05) is 0 Å². The van der Waals surface area contributed by atoms with E-state index in [0.29, 0.717) is 19.4 Å². The van der Waals surface area contributed by atoms with Crippen LogP contribution < -0.4 is 26.6 Å². The SMILES string of the molecule is CC1CC(NCCO)NC(NC(=O)NC2CCC(OC(F)(F)F)CC2)N1. The Hall–Kier alpha value is -1.14. The lowest BCUT2D eigenvalue weighted by Gasteiger charge is -2.37. The van der Waals surface area contributed by atoms with E-state index in [0.717, 1.165) is 6.42 Å². The second-order valence-corrected chi connectivity index (χ2v) is 6.79. The number of amides is 2. The molecule has 8 nitrogen and oxygen atoms in total. The summed E-state index contributed by atoms with van der Waals surface area (Å²) in [5.74, 6) is 0. The maximum absolute atomic E-state index is 12.2. The largest absolute Gasteiger partial charge is 0.522 e. The van der Waals surface area contributed by atoms with Gasteiger partial charge in [-0.2, -0.15) is 0 Å². The first-order chi connectivity index (χ1) is 12.2. The van der Waals surface area contributed by atoms with Crippen LogP contribution in [-0.2, 0) is 4.74 Å². The lowest BCUT2D eigenvalue weighted by Crippen LogP contribution is -2.68. The summed E-state index contributed by atoms with van der Waals surface area (Å²) >= 11 is 0. The molecule has 152 valence electrons. The van der Waals surface area contributed by atoms with E-state index in [1.54, 1.807) is 0 Å². The summed E-state index contributed by atoms with van der Waals surface area (Å²) in [5, 5.41) is 23.9. The predicted molar refractivity (Wildman–Crippen MR) is 87.9 cm³/mol. The van der Waals surface area contributed by atoms with Gasteiger partial charge in [-0.25, -0.2) is 4.79 Å². The molecule has 2 fully saturated rings. The van der Waals surface area contributed by atoms with Gasteiger partial charge in [0.25, 0.3) is 0 Å². The zero-order chi connectivity index (χ0) is 19.2. The Labute approximate surface area is 150 Å². The van der Waals surface area contributed by atoms with Gasteiger partial charge in [0, 0.05) is 18.6 Å². The number of carbonyl (C=O) groups is 1. The van der Waals surface area contributed by atoms with Gasteiger partial charge < -0.3 is 15.7 Å². The Balaban J connectivity index is 1.70.